The molecule has 0 radical (unpaired) electrons. The number of aliphatic carboxylic acids is 1. The van der Waals surface area contributed by atoms with E-state index in [0.717, 1.165) is 5.39 Å². The molecule has 0 saturated carbocycles. The molecule has 2 aromatic rings. The zero-order valence-corrected chi connectivity index (χ0v) is 7.79. The van der Waals surface area contributed by atoms with Crippen molar-refractivity contribution in [1.82, 2.24) is 4.98 Å². The highest BCUT2D eigenvalue weighted by Crippen LogP contribution is 2.21. The van der Waals surface area contributed by atoms with Gasteiger partial charge in [-0.25, -0.2) is 4.79 Å². The number of aliphatic hydroxyl groups is 1. The molecule has 1 aromatic heterocycles. The quantitative estimate of drug-likeness (QED) is 0.772. The molecule has 0 bridgehead atoms. The minimum atomic E-state index is -1.57. The van der Waals surface area contributed by atoms with E-state index in [2.05, 4.69) is 4.98 Å². The van der Waals surface area contributed by atoms with Crippen LogP contribution in [-0.4, -0.2) is 21.2 Å². The van der Waals surface area contributed by atoms with Crippen molar-refractivity contribution in [3.8, 4) is 0 Å². The fourth-order valence-electron chi connectivity index (χ4n) is 1.48. The third kappa shape index (κ3) is 1.67. The Bertz CT molecular complexity index is 505. The number of nitrogens with zero attached hydrogens (tertiary/aromatic N) is 1. The molecule has 15 heavy (non-hydrogen) atoms. The van der Waals surface area contributed by atoms with Gasteiger partial charge in [0.25, 0.3) is 0 Å². The summed E-state index contributed by atoms with van der Waals surface area (Å²) in [6.45, 7) is 0. The molecule has 2 rings (SSSR count). The van der Waals surface area contributed by atoms with Crippen LogP contribution in [0.15, 0.2) is 36.5 Å². The lowest BCUT2D eigenvalue weighted by Crippen LogP contribution is -2.12. The SMILES string of the molecule is O=C(O)C(O)c1nccc2ccccc12. The zero-order chi connectivity index (χ0) is 10.8. The molecule has 0 aliphatic heterocycles. The van der Waals surface area contributed by atoms with Crippen LogP contribution in [-0.2, 0) is 4.79 Å². The van der Waals surface area contributed by atoms with Crippen LogP contribution in [0, 0.1) is 0 Å². The van der Waals surface area contributed by atoms with E-state index in [4.69, 9.17) is 5.11 Å². The molecule has 0 fully saturated rings. The Kier molecular flexibility index (Phi) is 2.35. The summed E-state index contributed by atoms with van der Waals surface area (Å²) in [6, 6.07) is 8.98. The maximum absolute atomic E-state index is 10.7. The molecule has 1 unspecified atom stereocenters. The van der Waals surface area contributed by atoms with Crippen LogP contribution in [0.25, 0.3) is 10.8 Å². The van der Waals surface area contributed by atoms with Gasteiger partial charge in [-0.2, -0.15) is 0 Å². The number of hydrogen-bond acceptors (Lipinski definition) is 3. The zero-order valence-electron chi connectivity index (χ0n) is 7.79. The van der Waals surface area contributed by atoms with Crippen LogP contribution in [0.4, 0.5) is 0 Å². The lowest BCUT2D eigenvalue weighted by atomic mass is 10.1. The summed E-state index contributed by atoms with van der Waals surface area (Å²) in [5.74, 6) is -1.29. The number of hydrogen-bond donors (Lipinski definition) is 2. The second-order valence-corrected chi connectivity index (χ2v) is 3.16. The Morgan fingerprint density at radius 2 is 2.00 bits per heavy atom. The summed E-state index contributed by atoms with van der Waals surface area (Å²) in [7, 11) is 0. The summed E-state index contributed by atoms with van der Waals surface area (Å²) >= 11 is 0. The maximum Gasteiger partial charge on any atom is 0.338 e. The van der Waals surface area contributed by atoms with Gasteiger partial charge in [0.2, 0.25) is 0 Å². The van der Waals surface area contributed by atoms with E-state index in [0.29, 0.717) is 5.39 Å². The Morgan fingerprint density at radius 1 is 1.27 bits per heavy atom. The molecule has 1 aromatic carbocycles. The summed E-state index contributed by atoms with van der Waals surface area (Å²) < 4.78 is 0. The van der Waals surface area contributed by atoms with Crippen molar-refractivity contribution in [3.05, 3.63) is 42.2 Å². The molecule has 0 spiro atoms. The molecule has 0 saturated heterocycles. The Balaban J connectivity index is 2.65. The Labute approximate surface area is 85.8 Å². The van der Waals surface area contributed by atoms with Crippen LogP contribution >= 0.6 is 0 Å². The van der Waals surface area contributed by atoms with Gasteiger partial charge < -0.3 is 10.2 Å². The normalized spacial score (nSPS) is 12.6. The lowest BCUT2D eigenvalue weighted by molar-refractivity contribution is -0.147. The number of pyridine rings is 1. The fourth-order valence-corrected chi connectivity index (χ4v) is 1.48. The van der Waals surface area contributed by atoms with Crippen molar-refractivity contribution in [2.24, 2.45) is 0 Å². The number of benzene rings is 1. The van der Waals surface area contributed by atoms with Crippen molar-refractivity contribution in [2.75, 3.05) is 0 Å². The average molecular weight is 203 g/mol. The molecule has 0 amide bonds. The van der Waals surface area contributed by atoms with Gasteiger partial charge in [-0.05, 0) is 11.5 Å². The van der Waals surface area contributed by atoms with Gasteiger partial charge in [0.05, 0.1) is 5.69 Å². The molecule has 4 nitrogen and oxygen atoms in total. The Morgan fingerprint density at radius 3 is 2.73 bits per heavy atom. The van der Waals surface area contributed by atoms with E-state index in [-0.39, 0.29) is 5.69 Å². The number of fused-ring (bicyclic) bond motifs is 1. The second kappa shape index (κ2) is 3.67. The lowest BCUT2D eigenvalue weighted by Gasteiger charge is -2.07. The van der Waals surface area contributed by atoms with E-state index in [1.807, 2.05) is 12.1 Å². The summed E-state index contributed by atoms with van der Waals surface area (Å²) in [5, 5.41) is 19.7. The number of carboxylic acid groups (broad SMARTS) is 1. The molecule has 0 aliphatic carbocycles. The van der Waals surface area contributed by atoms with E-state index in [9.17, 15) is 9.90 Å². The molecule has 1 heterocycles. The first-order chi connectivity index (χ1) is 7.20. The number of carboxylic acids is 1. The Hall–Kier alpha value is -1.94. The van der Waals surface area contributed by atoms with Gasteiger partial charge in [0, 0.05) is 11.6 Å². The first-order valence-electron chi connectivity index (χ1n) is 4.44. The monoisotopic (exact) mass is 203 g/mol. The summed E-state index contributed by atoms with van der Waals surface area (Å²) in [4.78, 5) is 14.6. The first-order valence-corrected chi connectivity index (χ1v) is 4.44. The van der Waals surface area contributed by atoms with Crippen LogP contribution in [0.3, 0.4) is 0 Å². The van der Waals surface area contributed by atoms with Gasteiger partial charge >= 0.3 is 5.97 Å². The summed E-state index contributed by atoms with van der Waals surface area (Å²) in [6.07, 6.45) is -0.0831. The van der Waals surface area contributed by atoms with Crippen molar-refractivity contribution < 1.29 is 15.0 Å². The van der Waals surface area contributed by atoms with Crippen molar-refractivity contribution in [3.63, 3.8) is 0 Å². The molecule has 1 atom stereocenters. The predicted molar refractivity (Wildman–Crippen MR) is 54.3 cm³/mol. The van der Waals surface area contributed by atoms with Gasteiger partial charge in [-0.1, -0.05) is 24.3 Å². The van der Waals surface area contributed by atoms with Crippen LogP contribution in [0.2, 0.25) is 0 Å². The highest BCUT2D eigenvalue weighted by molar-refractivity contribution is 5.88. The highest BCUT2D eigenvalue weighted by Gasteiger charge is 2.19. The van der Waals surface area contributed by atoms with Gasteiger partial charge in [0.1, 0.15) is 0 Å². The molecular formula is C11H9NO3. The number of aliphatic hydroxyl groups excluding tert-OH is 1. The third-order valence-electron chi connectivity index (χ3n) is 2.20. The van der Waals surface area contributed by atoms with Crippen molar-refractivity contribution >= 4 is 16.7 Å². The van der Waals surface area contributed by atoms with Crippen LogP contribution in [0.5, 0.6) is 0 Å². The number of aromatic nitrogens is 1. The topological polar surface area (TPSA) is 70.4 Å². The predicted octanol–water partition coefficient (Wildman–Crippen LogP) is 1.35. The molecule has 2 N–H and O–H groups in total. The fraction of sp³-hybridized carbons (Fsp3) is 0.0909. The van der Waals surface area contributed by atoms with Crippen molar-refractivity contribution in [2.45, 2.75) is 6.10 Å². The van der Waals surface area contributed by atoms with Gasteiger partial charge in [-0.15, -0.1) is 0 Å². The largest absolute Gasteiger partial charge is 0.479 e. The number of carbonyl (C=O) groups is 1. The highest BCUT2D eigenvalue weighted by atomic mass is 16.4. The smallest absolute Gasteiger partial charge is 0.338 e. The minimum Gasteiger partial charge on any atom is -0.479 e. The van der Waals surface area contributed by atoms with E-state index in [1.54, 1.807) is 18.2 Å². The minimum absolute atomic E-state index is 0.181. The first kappa shape index (κ1) is 9.61. The third-order valence-corrected chi connectivity index (χ3v) is 2.20. The standard InChI is InChI=1S/C11H9NO3/c13-10(11(14)15)9-8-4-2-1-3-7(8)5-6-12-9/h1-6,10,13H,(H,14,15). The van der Waals surface area contributed by atoms with E-state index < -0.39 is 12.1 Å². The van der Waals surface area contributed by atoms with E-state index in [1.165, 1.54) is 6.20 Å². The molecule has 76 valence electrons. The van der Waals surface area contributed by atoms with Gasteiger partial charge in [-0.3, -0.25) is 4.98 Å². The van der Waals surface area contributed by atoms with Crippen molar-refractivity contribution in [1.29, 1.82) is 0 Å². The van der Waals surface area contributed by atoms with Crippen LogP contribution < -0.4 is 0 Å². The average Bonchev–Trinajstić information content (AvgIpc) is 2.27. The van der Waals surface area contributed by atoms with E-state index >= 15 is 0 Å². The van der Waals surface area contributed by atoms with Gasteiger partial charge in [0.15, 0.2) is 6.10 Å². The molecule has 0 aliphatic rings. The maximum atomic E-state index is 10.7. The number of rotatable bonds is 2. The van der Waals surface area contributed by atoms with Crippen LogP contribution in [0.1, 0.15) is 11.8 Å². The summed E-state index contributed by atoms with van der Waals surface area (Å²) in [5.41, 5.74) is 0.181. The molecule has 4 heteroatoms. The molecular weight excluding hydrogens is 194 g/mol. The second-order valence-electron chi connectivity index (χ2n) is 3.16.